The second-order valence-corrected chi connectivity index (χ2v) is 8.78. The molecule has 9 heteroatoms. The summed E-state index contributed by atoms with van der Waals surface area (Å²) in [6.07, 6.45) is 2.14. The molecule has 0 aromatic heterocycles. The van der Waals surface area contributed by atoms with E-state index in [1.807, 2.05) is 13.2 Å². The van der Waals surface area contributed by atoms with E-state index in [2.05, 4.69) is 15.6 Å². The van der Waals surface area contributed by atoms with Gasteiger partial charge < -0.3 is 0 Å². The Balaban J connectivity index is 2.06. The fourth-order valence-electron chi connectivity index (χ4n) is 2.32. The van der Waals surface area contributed by atoms with Crippen molar-refractivity contribution in [2.75, 3.05) is 12.0 Å². The van der Waals surface area contributed by atoms with Crippen LogP contribution in [0.4, 0.5) is 0 Å². The predicted molar refractivity (Wildman–Crippen MR) is 110 cm³/mol. The summed E-state index contributed by atoms with van der Waals surface area (Å²) in [5, 5.41) is 0. The third kappa shape index (κ3) is 6.36. The number of carbonyl (C=O) groups is 2. The van der Waals surface area contributed by atoms with E-state index in [1.54, 1.807) is 42.5 Å². The average molecular weight is 422 g/mol. The van der Waals surface area contributed by atoms with Gasteiger partial charge in [0.15, 0.2) is 0 Å². The van der Waals surface area contributed by atoms with Crippen molar-refractivity contribution in [2.45, 2.75) is 24.3 Å². The Morgan fingerprint density at radius 2 is 1.64 bits per heavy atom. The van der Waals surface area contributed by atoms with Crippen LogP contribution in [0.25, 0.3) is 0 Å². The first-order valence-electron chi connectivity index (χ1n) is 8.56. The standard InChI is InChI=1S/C19H23N3O4S2/c1-14-8-10-16(11-9-14)28(25,26)22-17(12-13-27-2)19(24)21-20-18(23)15-6-4-3-5-7-15/h3-11,17,22H,12-13H2,1-2H3,(H,20,23)(H,21,24). The average Bonchev–Trinajstić information content (AvgIpc) is 2.70. The van der Waals surface area contributed by atoms with Crippen LogP contribution in [-0.4, -0.2) is 38.3 Å². The monoisotopic (exact) mass is 421 g/mol. The Kier molecular flexibility index (Phi) is 8.04. The first kappa shape index (κ1) is 21.9. The van der Waals surface area contributed by atoms with Crippen LogP contribution >= 0.6 is 11.8 Å². The van der Waals surface area contributed by atoms with E-state index >= 15 is 0 Å². The van der Waals surface area contributed by atoms with Gasteiger partial charge in [0.25, 0.3) is 11.8 Å². The topological polar surface area (TPSA) is 104 Å². The number of hydrogen-bond donors (Lipinski definition) is 3. The van der Waals surface area contributed by atoms with Gasteiger partial charge in [-0.25, -0.2) is 8.42 Å². The summed E-state index contributed by atoms with van der Waals surface area (Å²) in [5.41, 5.74) is 5.92. The second kappa shape index (κ2) is 10.3. The number of hydrogen-bond acceptors (Lipinski definition) is 5. The summed E-state index contributed by atoms with van der Waals surface area (Å²) in [5.74, 6) is -0.547. The van der Waals surface area contributed by atoms with Crippen molar-refractivity contribution >= 4 is 33.6 Å². The molecule has 2 rings (SSSR count). The third-order valence-corrected chi connectivity index (χ3v) is 6.02. The Morgan fingerprint density at radius 1 is 1.00 bits per heavy atom. The Bertz CT molecular complexity index is 901. The Morgan fingerprint density at radius 3 is 2.25 bits per heavy atom. The summed E-state index contributed by atoms with van der Waals surface area (Å²) < 4.78 is 27.6. The van der Waals surface area contributed by atoms with Gasteiger partial charge in [0, 0.05) is 5.56 Å². The van der Waals surface area contributed by atoms with E-state index < -0.39 is 27.9 Å². The van der Waals surface area contributed by atoms with Gasteiger partial charge in [0.1, 0.15) is 6.04 Å². The van der Waals surface area contributed by atoms with Crippen LogP contribution in [0, 0.1) is 6.92 Å². The third-order valence-electron chi connectivity index (χ3n) is 3.89. The fourth-order valence-corrected chi connectivity index (χ4v) is 4.02. The number of thioether (sulfide) groups is 1. The zero-order chi connectivity index (χ0) is 20.6. The van der Waals surface area contributed by atoms with E-state index in [1.165, 1.54) is 23.9 Å². The van der Waals surface area contributed by atoms with Crippen molar-refractivity contribution in [3.8, 4) is 0 Å². The number of rotatable bonds is 8. The van der Waals surface area contributed by atoms with Gasteiger partial charge in [-0.1, -0.05) is 35.9 Å². The zero-order valence-corrected chi connectivity index (χ0v) is 17.3. The largest absolute Gasteiger partial charge is 0.271 e. The molecule has 1 unspecified atom stereocenters. The molecule has 0 heterocycles. The van der Waals surface area contributed by atoms with Crippen LogP contribution in [0.15, 0.2) is 59.5 Å². The lowest BCUT2D eigenvalue weighted by molar-refractivity contribution is -0.123. The molecular weight excluding hydrogens is 398 g/mol. The summed E-state index contributed by atoms with van der Waals surface area (Å²) in [6, 6.07) is 13.7. The fraction of sp³-hybridized carbons (Fsp3) is 0.263. The molecular formula is C19H23N3O4S2. The smallest absolute Gasteiger partial charge is 0.269 e. The molecule has 0 saturated heterocycles. The van der Waals surface area contributed by atoms with Crippen LogP contribution in [0.1, 0.15) is 22.3 Å². The normalized spacial score (nSPS) is 12.2. The van der Waals surface area contributed by atoms with Gasteiger partial charge in [-0.05, 0) is 49.6 Å². The highest BCUT2D eigenvalue weighted by molar-refractivity contribution is 7.98. The van der Waals surface area contributed by atoms with Crippen LogP contribution < -0.4 is 15.6 Å². The molecule has 2 aromatic carbocycles. The number of aryl methyl sites for hydroxylation is 1. The molecule has 0 fully saturated rings. The van der Waals surface area contributed by atoms with Gasteiger partial charge in [-0.3, -0.25) is 20.4 Å². The minimum atomic E-state index is -3.88. The van der Waals surface area contributed by atoms with Crippen LogP contribution in [0.3, 0.4) is 0 Å². The molecule has 0 saturated carbocycles. The van der Waals surface area contributed by atoms with Crippen molar-refractivity contribution in [3.05, 3.63) is 65.7 Å². The number of amides is 2. The van der Waals surface area contributed by atoms with Gasteiger partial charge in [0.2, 0.25) is 10.0 Å². The summed E-state index contributed by atoms with van der Waals surface area (Å²) >= 11 is 1.49. The van der Waals surface area contributed by atoms with E-state index in [4.69, 9.17) is 0 Å². The number of carbonyl (C=O) groups excluding carboxylic acids is 2. The summed E-state index contributed by atoms with van der Waals surface area (Å²) in [7, 11) is -3.88. The molecule has 2 aromatic rings. The maximum Gasteiger partial charge on any atom is 0.269 e. The number of hydrazine groups is 1. The van der Waals surface area contributed by atoms with Crippen LogP contribution in [-0.2, 0) is 14.8 Å². The Hall–Kier alpha value is -2.36. The number of sulfonamides is 1. The highest BCUT2D eigenvalue weighted by Crippen LogP contribution is 2.12. The van der Waals surface area contributed by atoms with Crippen molar-refractivity contribution in [3.63, 3.8) is 0 Å². The molecule has 7 nitrogen and oxygen atoms in total. The molecule has 0 radical (unpaired) electrons. The molecule has 150 valence electrons. The Labute approximate surface area is 169 Å². The second-order valence-electron chi connectivity index (χ2n) is 6.08. The molecule has 0 aliphatic heterocycles. The highest BCUT2D eigenvalue weighted by atomic mass is 32.2. The molecule has 0 spiro atoms. The maximum absolute atomic E-state index is 12.6. The molecule has 0 bridgehead atoms. The number of nitrogens with one attached hydrogen (secondary N) is 3. The predicted octanol–water partition coefficient (Wildman–Crippen LogP) is 1.86. The molecule has 0 aliphatic rings. The van der Waals surface area contributed by atoms with Gasteiger partial charge in [-0.15, -0.1) is 0 Å². The minimum Gasteiger partial charge on any atom is -0.271 e. The van der Waals surface area contributed by atoms with Crippen molar-refractivity contribution in [1.82, 2.24) is 15.6 Å². The van der Waals surface area contributed by atoms with Gasteiger partial charge >= 0.3 is 0 Å². The first-order valence-corrected chi connectivity index (χ1v) is 11.4. The molecule has 0 aliphatic carbocycles. The van der Waals surface area contributed by atoms with E-state index in [0.29, 0.717) is 11.3 Å². The molecule has 3 N–H and O–H groups in total. The molecule has 1 atom stereocenters. The maximum atomic E-state index is 12.6. The van der Waals surface area contributed by atoms with Gasteiger partial charge in [0.05, 0.1) is 4.90 Å². The first-order chi connectivity index (χ1) is 13.3. The highest BCUT2D eigenvalue weighted by Gasteiger charge is 2.25. The lowest BCUT2D eigenvalue weighted by Crippen LogP contribution is -2.52. The minimum absolute atomic E-state index is 0.0772. The van der Waals surface area contributed by atoms with Crippen molar-refractivity contribution in [2.24, 2.45) is 0 Å². The van der Waals surface area contributed by atoms with Crippen LogP contribution in [0.2, 0.25) is 0 Å². The van der Waals surface area contributed by atoms with Crippen LogP contribution in [0.5, 0.6) is 0 Å². The van der Waals surface area contributed by atoms with E-state index in [0.717, 1.165) is 5.56 Å². The zero-order valence-electron chi connectivity index (χ0n) is 15.6. The number of benzene rings is 2. The summed E-state index contributed by atoms with van der Waals surface area (Å²) in [4.78, 5) is 24.6. The lowest BCUT2D eigenvalue weighted by atomic mass is 10.2. The lowest BCUT2D eigenvalue weighted by Gasteiger charge is -2.18. The molecule has 28 heavy (non-hydrogen) atoms. The van der Waals surface area contributed by atoms with E-state index in [-0.39, 0.29) is 11.3 Å². The van der Waals surface area contributed by atoms with E-state index in [9.17, 15) is 18.0 Å². The summed E-state index contributed by atoms with van der Waals surface area (Å²) in [6.45, 7) is 1.86. The van der Waals surface area contributed by atoms with Crippen molar-refractivity contribution < 1.29 is 18.0 Å². The quantitative estimate of drug-likeness (QED) is 0.565. The van der Waals surface area contributed by atoms with Gasteiger partial charge in [-0.2, -0.15) is 16.5 Å². The van der Waals surface area contributed by atoms with Crippen molar-refractivity contribution in [1.29, 1.82) is 0 Å². The SMILES string of the molecule is CSCCC(NS(=O)(=O)c1ccc(C)cc1)C(=O)NNC(=O)c1ccccc1. The molecule has 2 amide bonds.